The van der Waals surface area contributed by atoms with E-state index in [-0.39, 0.29) is 0 Å². The van der Waals surface area contributed by atoms with E-state index in [4.69, 9.17) is 5.11 Å². The molecule has 0 heterocycles. The minimum Gasteiger partial charge on any atom is -0.396 e. The Bertz CT molecular complexity index is 202. The summed E-state index contributed by atoms with van der Waals surface area (Å²) in [5.41, 5.74) is 0.432. The van der Waals surface area contributed by atoms with Crippen LogP contribution in [0.5, 0.6) is 0 Å². The smallest absolute Gasteiger partial charge is 0.0443 e. The summed E-state index contributed by atoms with van der Waals surface area (Å²) in [5, 5.41) is 8.98. The van der Waals surface area contributed by atoms with E-state index in [1.807, 2.05) is 0 Å². The van der Waals surface area contributed by atoms with Crippen LogP contribution in [0.2, 0.25) is 0 Å². The minimum absolute atomic E-state index is 0.303. The maximum atomic E-state index is 8.98. The van der Waals surface area contributed by atoms with Crippen molar-refractivity contribution in [3.8, 4) is 0 Å². The third-order valence-corrected chi connectivity index (χ3v) is 4.79. The molecule has 1 saturated carbocycles. The van der Waals surface area contributed by atoms with Crippen molar-refractivity contribution in [2.24, 2.45) is 5.41 Å². The zero-order valence-corrected chi connectivity index (χ0v) is 12.4. The highest BCUT2D eigenvalue weighted by Gasteiger charge is 2.33. The molecule has 0 radical (unpaired) electrons. The second-order valence-electron chi connectivity index (χ2n) is 5.86. The lowest BCUT2D eigenvalue weighted by Crippen LogP contribution is -2.44. The number of aliphatic hydroxyl groups excluding tert-OH is 1. The van der Waals surface area contributed by atoms with Crippen molar-refractivity contribution in [3.05, 3.63) is 0 Å². The van der Waals surface area contributed by atoms with Gasteiger partial charge in [-0.05, 0) is 44.3 Å². The molecule has 2 nitrogen and oxygen atoms in total. The van der Waals surface area contributed by atoms with Crippen molar-refractivity contribution in [1.29, 1.82) is 0 Å². The highest BCUT2D eigenvalue weighted by atomic mass is 32.1. The largest absolute Gasteiger partial charge is 0.396 e. The molecule has 0 saturated heterocycles. The average Bonchev–Trinajstić information content (AvgIpc) is 2.35. The first-order valence-electron chi connectivity index (χ1n) is 7.09. The van der Waals surface area contributed by atoms with Crippen LogP contribution < -0.4 is 0 Å². The molecule has 0 aliphatic heterocycles. The SMILES string of the molecule is CC(C)N(CCCO)CC1(CS)CCCCC1. The van der Waals surface area contributed by atoms with E-state index in [1.54, 1.807) is 0 Å². The molecule has 0 aromatic heterocycles. The first kappa shape index (κ1) is 15.3. The molecule has 0 amide bonds. The summed E-state index contributed by atoms with van der Waals surface area (Å²) in [6.07, 6.45) is 7.69. The predicted octanol–water partition coefficient (Wildman–Crippen LogP) is 2.96. The van der Waals surface area contributed by atoms with Crippen molar-refractivity contribution >= 4 is 12.6 Å². The normalized spacial score (nSPS) is 20.1. The number of thiol groups is 1. The van der Waals surface area contributed by atoms with Crippen LogP contribution in [0.1, 0.15) is 52.4 Å². The van der Waals surface area contributed by atoms with Crippen LogP contribution in [-0.4, -0.2) is 41.5 Å². The van der Waals surface area contributed by atoms with Gasteiger partial charge in [0.2, 0.25) is 0 Å². The number of hydrogen-bond donors (Lipinski definition) is 2. The van der Waals surface area contributed by atoms with Crippen molar-refractivity contribution in [1.82, 2.24) is 4.90 Å². The highest BCUT2D eigenvalue weighted by Crippen LogP contribution is 2.38. The Morgan fingerprint density at radius 1 is 1.24 bits per heavy atom. The monoisotopic (exact) mass is 259 g/mol. The fraction of sp³-hybridized carbons (Fsp3) is 1.00. The molecule has 0 unspecified atom stereocenters. The molecule has 1 fully saturated rings. The molecule has 0 atom stereocenters. The third-order valence-electron chi connectivity index (χ3n) is 4.12. The van der Waals surface area contributed by atoms with Crippen molar-refractivity contribution in [3.63, 3.8) is 0 Å². The summed E-state index contributed by atoms with van der Waals surface area (Å²) >= 11 is 4.61. The predicted molar refractivity (Wildman–Crippen MR) is 77.8 cm³/mol. The van der Waals surface area contributed by atoms with Gasteiger partial charge in [-0.15, -0.1) is 0 Å². The van der Waals surface area contributed by atoms with Gasteiger partial charge in [-0.1, -0.05) is 19.3 Å². The van der Waals surface area contributed by atoms with Gasteiger partial charge < -0.3 is 10.0 Å². The molecule has 1 aliphatic rings. The Kier molecular flexibility index (Phi) is 6.90. The maximum Gasteiger partial charge on any atom is 0.0443 e. The summed E-state index contributed by atoms with van der Waals surface area (Å²) in [5.74, 6) is 1.01. The van der Waals surface area contributed by atoms with Crippen molar-refractivity contribution < 1.29 is 5.11 Å². The van der Waals surface area contributed by atoms with Crippen LogP contribution in [0.15, 0.2) is 0 Å². The highest BCUT2D eigenvalue weighted by molar-refractivity contribution is 7.80. The molecule has 1 aliphatic carbocycles. The minimum atomic E-state index is 0.303. The van der Waals surface area contributed by atoms with Gasteiger partial charge in [0, 0.05) is 25.7 Å². The summed E-state index contributed by atoms with van der Waals surface area (Å²) in [7, 11) is 0. The molecule has 0 aromatic carbocycles. The topological polar surface area (TPSA) is 23.5 Å². The van der Waals surface area contributed by atoms with Gasteiger partial charge in [-0.3, -0.25) is 0 Å². The molecule has 0 bridgehead atoms. The van der Waals surface area contributed by atoms with Crippen LogP contribution in [0, 0.1) is 5.41 Å². The molecule has 1 rings (SSSR count). The lowest BCUT2D eigenvalue weighted by molar-refractivity contribution is 0.0967. The number of rotatable bonds is 7. The number of nitrogens with zero attached hydrogens (tertiary/aromatic N) is 1. The van der Waals surface area contributed by atoms with Gasteiger partial charge in [0.25, 0.3) is 0 Å². The van der Waals surface area contributed by atoms with E-state index in [2.05, 4.69) is 31.4 Å². The quantitative estimate of drug-likeness (QED) is 0.687. The second-order valence-corrected chi connectivity index (χ2v) is 6.18. The third kappa shape index (κ3) is 4.80. The van der Waals surface area contributed by atoms with E-state index in [9.17, 15) is 0 Å². The first-order valence-corrected chi connectivity index (χ1v) is 7.72. The maximum absolute atomic E-state index is 8.98. The van der Waals surface area contributed by atoms with E-state index >= 15 is 0 Å². The second kappa shape index (κ2) is 7.65. The van der Waals surface area contributed by atoms with Gasteiger partial charge >= 0.3 is 0 Å². The Hall–Kier alpha value is 0.270. The molecular formula is C14H29NOS. The number of hydrogen-bond acceptors (Lipinski definition) is 3. The average molecular weight is 259 g/mol. The fourth-order valence-electron chi connectivity index (χ4n) is 2.89. The van der Waals surface area contributed by atoms with E-state index in [0.29, 0.717) is 18.1 Å². The first-order chi connectivity index (χ1) is 8.13. The molecule has 0 spiro atoms. The van der Waals surface area contributed by atoms with Crippen LogP contribution in [0.3, 0.4) is 0 Å². The molecule has 1 N–H and O–H groups in total. The number of aliphatic hydroxyl groups is 1. The summed E-state index contributed by atoms with van der Waals surface area (Å²) < 4.78 is 0. The lowest BCUT2D eigenvalue weighted by Gasteiger charge is -2.41. The molecule has 17 heavy (non-hydrogen) atoms. The van der Waals surface area contributed by atoms with Crippen LogP contribution in [0.25, 0.3) is 0 Å². The van der Waals surface area contributed by atoms with Crippen molar-refractivity contribution in [2.45, 2.75) is 58.4 Å². The molecule has 0 aromatic rings. The fourth-order valence-corrected chi connectivity index (χ4v) is 3.31. The summed E-state index contributed by atoms with van der Waals surface area (Å²) in [6.45, 7) is 6.99. The Morgan fingerprint density at radius 3 is 2.35 bits per heavy atom. The van der Waals surface area contributed by atoms with E-state index in [1.165, 1.54) is 32.1 Å². The summed E-state index contributed by atoms with van der Waals surface area (Å²) in [6, 6.07) is 0.570. The van der Waals surface area contributed by atoms with Crippen LogP contribution in [-0.2, 0) is 0 Å². The van der Waals surface area contributed by atoms with E-state index < -0.39 is 0 Å². The van der Waals surface area contributed by atoms with Gasteiger partial charge in [0.15, 0.2) is 0 Å². The van der Waals surface area contributed by atoms with Gasteiger partial charge in [0.1, 0.15) is 0 Å². The Labute approximate surface area is 112 Å². The van der Waals surface area contributed by atoms with Crippen LogP contribution in [0.4, 0.5) is 0 Å². The van der Waals surface area contributed by atoms with Gasteiger partial charge in [0.05, 0.1) is 0 Å². The zero-order chi connectivity index (χ0) is 12.7. The van der Waals surface area contributed by atoms with E-state index in [0.717, 1.165) is 25.3 Å². The lowest BCUT2D eigenvalue weighted by atomic mass is 9.75. The molecule has 3 heteroatoms. The zero-order valence-electron chi connectivity index (χ0n) is 11.5. The standard InChI is InChI=1S/C14H29NOS/c1-13(2)15(9-6-10-16)11-14(12-17)7-4-3-5-8-14/h13,16-17H,3-12H2,1-2H3. The van der Waals surface area contributed by atoms with Crippen molar-refractivity contribution in [2.75, 3.05) is 25.4 Å². The molecule has 102 valence electrons. The van der Waals surface area contributed by atoms with Gasteiger partial charge in [-0.25, -0.2) is 0 Å². The van der Waals surface area contributed by atoms with Gasteiger partial charge in [-0.2, -0.15) is 12.6 Å². The van der Waals surface area contributed by atoms with Crippen LogP contribution >= 0.6 is 12.6 Å². The Morgan fingerprint density at radius 2 is 1.88 bits per heavy atom. The molecular weight excluding hydrogens is 230 g/mol. The summed E-state index contributed by atoms with van der Waals surface area (Å²) in [4.78, 5) is 2.53. The Balaban J connectivity index is 2.55.